The number of aryl methyl sites for hydroxylation is 2. The first kappa shape index (κ1) is 19.7. The number of benzene rings is 2. The van der Waals surface area contributed by atoms with Gasteiger partial charge in [-0.25, -0.2) is 4.63 Å². The summed E-state index contributed by atoms with van der Waals surface area (Å²) in [5, 5.41) is 11.0. The van der Waals surface area contributed by atoms with Gasteiger partial charge in [-0.1, -0.05) is 11.6 Å². The molecular formula is C20H20ClN3O4. The zero-order chi connectivity index (χ0) is 20.3. The number of hydrogen-bond donors (Lipinski definition) is 1. The van der Waals surface area contributed by atoms with Crippen molar-refractivity contribution in [1.29, 1.82) is 0 Å². The van der Waals surface area contributed by atoms with Gasteiger partial charge in [0.25, 0.3) is 5.91 Å². The first-order chi connectivity index (χ1) is 13.4. The van der Waals surface area contributed by atoms with Crippen molar-refractivity contribution in [2.24, 2.45) is 0 Å². The van der Waals surface area contributed by atoms with Gasteiger partial charge < -0.3 is 14.8 Å². The molecule has 146 valence electrons. The van der Waals surface area contributed by atoms with Crippen molar-refractivity contribution in [3.63, 3.8) is 0 Å². The van der Waals surface area contributed by atoms with E-state index >= 15 is 0 Å². The molecule has 2 aromatic carbocycles. The molecule has 0 aliphatic carbocycles. The van der Waals surface area contributed by atoms with E-state index in [2.05, 4.69) is 15.6 Å². The summed E-state index contributed by atoms with van der Waals surface area (Å²) in [6, 6.07) is 10.7. The maximum atomic E-state index is 12.5. The summed E-state index contributed by atoms with van der Waals surface area (Å²) in [5.74, 6) is 1.11. The second kappa shape index (κ2) is 8.31. The first-order valence-electron chi connectivity index (χ1n) is 8.60. The van der Waals surface area contributed by atoms with Gasteiger partial charge in [0.05, 0.1) is 7.11 Å². The van der Waals surface area contributed by atoms with Crippen LogP contribution in [0, 0.1) is 13.8 Å². The quantitative estimate of drug-likeness (QED) is 0.657. The van der Waals surface area contributed by atoms with Crippen LogP contribution in [0.25, 0.3) is 11.3 Å². The minimum atomic E-state index is -0.764. The Balaban J connectivity index is 1.72. The van der Waals surface area contributed by atoms with Crippen molar-refractivity contribution in [2.75, 3.05) is 12.4 Å². The van der Waals surface area contributed by atoms with E-state index in [0.29, 0.717) is 22.2 Å². The van der Waals surface area contributed by atoms with Crippen LogP contribution < -0.4 is 14.8 Å². The van der Waals surface area contributed by atoms with E-state index in [4.69, 9.17) is 25.7 Å². The monoisotopic (exact) mass is 401 g/mol. The highest BCUT2D eigenvalue weighted by molar-refractivity contribution is 6.32. The number of amides is 1. The molecule has 0 spiro atoms. The van der Waals surface area contributed by atoms with Crippen LogP contribution in [0.15, 0.2) is 41.0 Å². The lowest BCUT2D eigenvalue weighted by Gasteiger charge is -2.15. The number of halogens is 1. The maximum Gasteiger partial charge on any atom is 0.266 e. The van der Waals surface area contributed by atoms with Gasteiger partial charge >= 0.3 is 0 Å². The highest BCUT2D eigenvalue weighted by Gasteiger charge is 2.21. The lowest BCUT2D eigenvalue weighted by molar-refractivity contribution is -0.122. The number of nitrogens with zero attached hydrogens (tertiary/aromatic N) is 2. The molecule has 1 atom stereocenters. The van der Waals surface area contributed by atoms with E-state index in [9.17, 15) is 4.79 Å². The molecule has 28 heavy (non-hydrogen) atoms. The Kier molecular flexibility index (Phi) is 5.84. The molecule has 0 unspecified atom stereocenters. The van der Waals surface area contributed by atoms with E-state index in [-0.39, 0.29) is 11.7 Å². The molecular weight excluding hydrogens is 382 g/mol. The van der Waals surface area contributed by atoms with Crippen LogP contribution in [0.5, 0.6) is 11.5 Å². The van der Waals surface area contributed by atoms with E-state index in [1.165, 1.54) is 0 Å². The van der Waals surface area contributed by atoms with Crippen molar-refractivity contribution in [3.8, 4) is 22.8 Å². The van der Waals surface area contributed by atoms with Crippen LogP contribution >= 0.6 is 11.6 Å². The molecule has 0 radical (unpaired) electrons. The lowest BCUT2D eigenvalue weighted by atomic mass is 10.1. The third-order valence-corrected chi connectivity index (χ3v) is 4.78. The second-order valence-corrected chi connectivity index (χ2v) is 6.69. The number of methoxy groups -OCH3 is 1. The molecule has 0 saturated heterocycles. The van der Waals surface area contributed by atoms with Crippen molar-refractivity contribution in [2.45, 2.75) is 26.9 Å². The fourth-order valence-electron chi connectivity index (χ4n) is 2.66. The molecule has 0 fully saturated rings. The van der Waals surface area contributed by atoms with Crippen LogP contribution in [0.3, 0.4) is 0 Å². The summed E-state index contributed by atoms with van der Waals surface area (Å²) < 4.78 is 15.7. The Hall–Kier alpha value is -3.06. The maximum absolute atomic E-state index is 12.5. The van der Waals surface area contributed by atoms with E-state index in [0.717, 1.165) is 16.7 Å². The molecule has 0 aliphatic rings. The minimum absolute atomic E-state index is 0.217. The first-order valence-corrected chi connectivity index (χ1v) is 8.98. The number of carbonyl (C=O) groups excluding carboxylic acids is 1. The Morgan fingerprint density at radius 1 is 1.11 bits per heavy atom. The molecule has 3 rings (SSSR count). The normalized spacial score (nSPS) is 11.8. The fourth-order valence-corrected chi connectivity index (χ4v) is 2.77. The fraction of sp³-hybridized carbons (Fsp3) is 0.250. The van der Waals surface area contributed by atoms with Gasteiger partial charge in [0.2, 0.25) is 5.82 Å². The lowest BCUT2D eigenvalue weighted by Crippen LogP contribution is -2.30. The van der Waals surface area contributed by atoms with Gasteiger partial charge in [-0.05, 0) is 78.6 Å². The average molecular weight is 402 g/mol. The van der Waals surface area contributed by atoms with E-state index < -0.39 is 6.10 Å². The summed E-state index contributed by atoms with van der Waals surface area (Å²) in [6.45, 7) is 5.42. The van der Waals surface area contributed by atoms with Crippen molar-refractivity contribution in [1.82, 2.24) is 10.3 Å². The molecule has 0 bridgehead atoms. The molecule has 1 N–H and O–H groups in total. The average Bonchev–Trinajstić information content (AvgIpc) is 3.14. The number of rotatable bonds is 6. The van der Waals surface area contributed by atoms with Gasteiger partial charge in [0.15, 0.2) is 11.8 Å². The molecule has 0 aliphatic heterocycles. The Bertz CT molecular complexity index is 962. The Morgan fingerprint density at radius 3 is 2.36 bits per heavy atom. The third-order valence-electron chi connectivity index (χ3n) is 4.19. The molecule has 8 heteroatoms. The molecule has 1 heterocycles. The SMILES string of the molecule is COc1ccc(-c2nonc2NC(=O)[C@@H](C)Oc2cc(C)c(Cl)c(C)c2)cc1. The van der Waals surface area contributed by atoms with Gasteiger partial charge in [-0.2, -0.15) is 0 Å². The van der Waals surface area contributed by atoms with Crippen LogP contribution in [0.1, 0.15) is 18.1 Å². The number of nitrogens with one attached hydrogen (secondary N) is 1. The molecule has 1 aromatic heterocycles. The predicted molar refractivity (Wildman–Crippen MR) is 106 cm³/mol. The van der Waals surface area contributed by atoms with Crippen molar-refractivity contribution < 1.29 is 18.9 Å². The zero-order valence-electron chi connectivity index (χ0n) is 15.9. The Labute approximate surface area is 167 Å². The van der Waals surface area contributed by atoms with Crippen LogP contribution in [-0.2, 0) is 4.79 Å². The number of ether oxygens (including phenoxy) is 2. The van der Waals surface area contributed by atoms with Crippen LogP contribution in [-0.4, -0.2) is 29.4 Å². The smallest absolute Gasteiger partial charge is 0.266 e. The summed E-state index contributed by atoms with van der Waals surface area (Å²) in [5.41, 5.74) is 2.91. The van der Waals surface area contributed by atoms with E-state index in [1.807, 2.05) is 13.8 Å². The van der Waals surface area contributed by atoms with Crippen LogP contribution in [0.2, 0.25) is 5.02 Å². The summed E-state index contributed by atoms with van der Waals surface area (Å²) in [6.07, 6.45) is -0.764. The number of anilines is 1. The largest absolute Gasteiger partial charge is 0.497 e. The summed E-state index contributed by atoms with van der Waals surface area (Å²) >= 11 is 6.17. The standard InChI is InChI=1S/C20H20ClN3O4/c1-11-9-16(10-12(2)17(11)21)27-13(3)20(25)22-19-18(23-28-24-19)14-5-7-15(26-4)8-6-14/h5-10,13H,1-4H3,(H,22,24,25)/t13-/m1/s1. The van der Waals surface area contributed by atoms with Crippen molar-refractivity contribution >= 4 is 23.3 Å². The van der Waals surface area contributed by atoms with Crippen molar-refractivity contribution in [3.05, 3.63) is 52.5 Å². The zero-order valence-corrected chi connectivity index (χ0v) is 16.7. The summed E-state index contributed by atoms with van der Waals surface area (Å²) in [4.78, 5) is 12.5. The molecule has 1 amide bonds. The van der Waals surface area contributed by atoms with Gasteiger partial charge in [0.1, 0.15) is 11.5 Å². The van der Waals surface area contributed by atoms with Gasteiger partial charge in [-0.15, -0.1) is 0 Å². The topological polar surface area (TPSA) is 86.5 Å². The molecule has 3 aromatic rings. The predicted octanol–water partition coefficient (Wildman–Crippen LogP) is 4.42. The van der Waals surface area contributed by atoms with Crippen LogP contribution in [0.4, 0.5) is 5.82 Å². The number of carbonyl (C=O) groups is 1. The Morgan fingerprint density at radius 2 is 1.75 bits per heavy atom. The van der Waals surface area contributed by atoms with Gasteiger partial charge in [-0.3, -0.25) is 4.79 Å². The molecule has 7 nitrogen and oxygen atoms in total. The number of hydrogen-bond acceptors (Lipinski definition) is 6. The van der Waals surface area contributed by atoms with E-state index in [1.54, 1.807) is 50.4 Å². The van der Waals surface area contributed by atoms with Gasteiger partial charge in [0, 0.05) is 10.6 Å². The number of aromatic nitrogens is 2. The summed E-state index contributed by atoms with van der Waals surface area (Å²) in [7, 11) is 1.59. The molecule has 0 saturated carbocycles. The highest BCUT2D eigenvalue weighted by atomic mass is 35.5. The minimum Gasteiger partial charge on any atom is -0.497 e. The third kappa shape index (κ3) is 4.26. The highest BCUT2D eigenvalue weighted by Crippen LogP contribution is 2.28. The second-order valence-electron chi connectivity index (χ2n) is 6.31.